The zero-order valence-corrected chi connectivity index (χ0v) is 20.1. The van der Waals surface area contributed by atoms with Crippen LogP contribution in [0.25, 0.3) is 6.08 Å². The number of amides is 1. The van der Waals surface area contributed by atoms with Gasteiger partial charge in [0.05, 0.1) is 11.4 Å². The standard InChI is InChI=1S/C29H27N3O3/c1-4-31-25-17-11-20(3)19-21(25)12-18-26(31)27-28(33)32(5-2)29(35-27)30-22-13-15-24(16-14-22)34-23-9-7-6-8-10-23/h6-19H,4-5H2,1-3H3. The van der Waals surface area contributed by atoms with E-state index in [0.717, 1.165) is 22.7 Å². The van der Waals surface area contributed by atoms with Crippen molar-refractivity contribution in [3.05, 3.63) is 101 Å². The number of aliphatic imine (C=N–C) groups is 1. The van der Waals surface area contributed by atoms with Crippen LogP contribution in [-0.4, -0.2) is 29.9 Å². The molecule has 0 spiro atoms. The molecule has 2 aliphatic heterocycles. The van der Waals surface area contributed by atoms with Crippen molar-refractivity contribution < 1.29 is 14.3 Å². The Bertz CT molecular complexity index is 1340. The number of anilines is 1. The molecule has 5 rings (SSSR count). The van der Waals surface area contributed by atoms with Gasteiger partial charge in [0, 0.05) is 18.8 Å². The molecule has 176 valence electrons. The van der Waals surface area contributed by atoms with Crippen LogP contribution in [0.15, 0.2) is 95.3 Å². The van der Waals surface area contributed by atoms with Crippen molar-refractivity contribution in [2.45, 2.75) is 20.8 Å². The zero-order valence-electron chi connectivity index (χ0n) is 20.1. The first kappa shape index (κ1) is 22.5. The lowest BCUT2D eigenvalue weighted by Crippen LogP contribution is -2.30. The van der Waals surface area contributed by atoms with Crippen LogP contribution in [-0.2, 0) is 9.53 Å². The number of likely N-dealkylation sites (N-methyl/N-ethyl adjacent to an activating group) is 2. The van der Waals surface area contributed by atoms with Gasteiger partial charge >= 0.3 is 6.02 Å². The molecule has 3 aromatic rings. The Kier molecular flexibility index (Phi) is 6.10. The molecule has 3 aromatic carbocycles. The Hall–Kier alpha value is -4.32. The number of hydrogen-bond donors (Lipinski definition) is 0. The molecular weight excluding hydrogens is 438 g/mol. The highest BCUT2D eigenvalue weighted by Crippen LogP contribution is 2.35. The number of para-hydroxylation sites is 1. The van der Waals surface area contributed by atoms with Gasteiger partial charge in [0.25, 0.3) is 5.91 Å². The molecule has 0 aliphatic carbocycles. The summed E-state index contributed by atoms with van der Waals surface area (Å²) in [4.78, 5) is 21.6. The lowest BCUT2D eigenvalue weighted by molar-refractivity contribution is -0.122. The number of allylic oxidation sites excluding steroid dienone is 1. The number of ether oxygens (including phenoxy) is 2. The van der Waals surface area contributed by atoms with Crippen LogP contribution in [0.5, 0.6) is 11.5 Å². The van der Waals surface area contributed by atoms with E-state index in [9.17, 15) is 4.79 Å². The van der Waals surface area contributed by atoms with Gasteiger partial charge in [0.1, 0.15) is 11.5 Å². The largest absolute Gasteiger partial charge is 0.457 e. The highest BCUT2D eigenvalue weighted by atomic mass is 16.5. The van der Waals surface area contributed by atoms with Gasteiger partial charge in [-0.2, -0.15) is 4.99 Å². The van der Waals surface area contributed by atoms with Gasteiger partial charge < -0.3 is 14.4 Å². The lowest BCUT2D eigenvalue weighted by Gasteiger charge is -2.29. The Balaban J connectivity index is 1.43. The molecule has 1 fully saturated rings. The van der Waals surface area contributed by atoms with Gasteiger partial charge in [0.2, 0.25) is 5.76 Å². The summed E-state index contributed by atoms with van der Waals surface area (Å²) in [5.74, 6) is 1.57. The molecule has 0 radical (unpaired) electrons. The minimum atomic E-state index is -0.191. The average molecular weight is 466 g/mol. The summed E-state index contributed by atoms with van der Waals surface area (Å²) >= 11 is 0. The number of amidine groups is 1. The Morgan fingerprint density at radius 2 is 1.57 bits per heavy atom. The van der Waals surface area contributed by atoms with E-state index in [0.29, 0.717) is 30.3 Å². The van der Waals surface area contributed by atoms with Crippen LogP contribution < -0.4 is 9.64 Å². The molecule has 0 N–H and O–H groups in total. The molecule has 0 aromatic heterocycles. The molecule has 1 amide bonds. The molecule has 6 heteroatoms. The summed E-state index contributed by atoms with van der Waals surface area (Å²) in [7, 11) is 0. The fraction of sp³-hybridized carbons (Fsp3) is 0.172. The van der Waals surface area contributed by atoms with Crippen LogP contribution in [0.1, 0.15) is 25.0 Å². The van der Waals surface area contributed by atoms with E-state index in [1.165, 1.54) is 5.56 Å². The van der Waals surface area contributed by atoms with Crippen LogP contribution in [0.3, 0.4) is 0 Å². The maximum atomic E-state index is 13.3. The Morgan fingerprint density at radius 3 is 2.29 bits per heavy atom. The molecule has 35 heavy (non-hydrogen) atoms. The molecule has 0 saturated carbocycles. The number of fused-ring (bicyclic) bond motifs is 1. The first-order valence-electron chi connectivity index (χ1n) is 11.8. The van der Waals surface area contributed by atoms with E-state index in [2.05, 4.69) is 41.9 Å². The lowest BCUT2D eigenvalue weighted by atomic mass is 10.0. The maximum absolute atomic E-state index is 13.3. The summed E-state index contributed by atoms with van der Waals surface area (Å²) < 4.78 is 12.0. The van der Waals surface area contributed by atoms with Gasteiger partial charge in [-0.1, -0.05) is 35.9 Å². The third-order valence-corrected chi connectivity index (χ3v) is 5.95. The first-order chi connectivity index (χ1) is 17.1. The average Bonchev–Trinajstić information content (AvgIpc) is 3.19. The molecule has 1 saturated heterocycles. The van der Waals surface area contributed by atoms with Crippen LogP contribution >= 0.6 is 0 Å². The van der Waals surface area contributed by atoms with Gasteiger partial charge in [-0.3, -0.25) is 9.69 Å². The van der Waals surface area contributed by atoms with Crippen molar-refractivity contribution in [2.24, 2.45) is 4.99 Å². The van der Waals surface area contributed by atoms with E-state index in [1.54, 1.807) is 4.90 Å². The minimum Gasteiger partial charge on any atom is -0.457 e. The molecule has 2 aliphatic rings. The number of aryl methyl sites for hydroxylation is 1. The number of carbonyl (C=O) groups excluding carboxylic acids is 1. The second-order valence-corrected chi connectivity index (χ2v) is 8.31. The smallest absolute Gasteiger partial charge is 0.305 e. The SMILES string of the molecule is CCN1C(=O)C(=C2C=Cc3cc(C)ccc3N2CC)OC1=Nc1ccc(Oc2ccccc2)cc1. The van der Waals surface area contributed by atoms with E-state index in [4.69, 9.17) is 9.47 Å². The highest BCUT2D eigenvalue weighted by molar-refractivity contribution is 6.10. The van der Waals surface area contributed by atoms with Gasteiger partial charge in [-0.15, -0.1) is 0 Å². The number of carbonyl (C=O) groups is 1. The number of hydrogen-bond acceptors (Lipinski definition) is 5. The van der Waals surface area contributed by atoms with Crippen LogP contribution in [0.2, 0.25) is 0 Å². The van der Waals surface area contributed by atoms with Crippen molar-refractivity contribution in [3.8, 4) is 11.5 Å². The molecule has 0 unspecified atom stereocenters. The van der Waals surface area contributed by atoms with Crippen LogP contribution in [0, 0.1) is 6.92 Å². The van der Waals surface area contributed by atoms with E-state index in [1.807, 2.05) is 73.7 Å². The normalized spacial score (nSPS) is 18.1. The number of nitrogens with zero attached hydrogens (tertiary/aromatic N) is 3. The second-order valence-electron chi connectivity index (χ2n) is 8.31. The molecule has 0 bridgehead atoms. The molecule has 2 heterocycles. The van der Waals surface area contributed by atoms with Crippen molar-refractivity contribution in [3.63, 3.8) is 0 Å². The monoisotopic (exact) mass is 465 g/mol. The topological polar surface area (TPSA) is 54.4 Å². The predicted octanol–water partition coefficient (Wildman–Crippen LogP) is 6.42. The first-order valence-corrected chi connectivity index (χ1v) is 11.8. The van der Waals surface area contributed by atoms with E-state index < -0.39 is 0 Å². The van der Waals surface area contributed by atoms with Gasteiger partial charge in [-0.05, 0) is 80.9 Å². The molecular formula is C29H27N3O3. The van der Waals surface area contributed by atoms with Crippen molar-refractivity contribution in [1.82, 2.24) is 4.90 Å². The quantitative estimate of drug-likeness (QED) is 0.408. The van der Waals surface area contributed by atoms with Crippen LogP contribution in [0.4, 0.5) is 11.4 Å². The maximum Gasteiger partial charge on any atom is 0.305 e. The van der Waals surface area contributed by atoms with Gasteiger partial charge in [-0.25, -0.2) is 0 Å². The summed E-state index contributed by atoms with van der Waals surface area (Å²) in [6.45, 7) is 7.21. The fourth-order valence-corrected chi connectivity index (χ4v) is 4.23. The van der Waals surface area contributed by atoms with Crippen molar-refractivity contribution >= 4 is 29.4 Å². The summed E-state index contributed by atoms with van der Waals surface area (Å²) in [6, 6.07) is 23.6. The number of benzene rings is 3. The van der Waals surface area contributed by atoms with Crippen molar-refractivity contribution in [2.75, 3.05) is 18.0 Å². The number of rotatable bonds is 5. The Labute approximate surface area is 205 Å². The van der Waals surface area contributed by atoms with E-state index >= 15 is 0 Å². The highest BCUT2D eigenvalue weighted by Gasteiger charge is 2.38. The Morgan fingerprint density at radius 1 is 0.857 bits per heavy atom. The van der Waals surface area contributed by atoms with E-state index in [-0.39, 0.29) is 11.9 Å². The predicted molar refractivity (Wildman–Crippen MR) is 139 cm³/mol. The molecule has 6 nitrogen and oxygen atoms in total. The fourth-order valence-electron chi connectivity index (χ4n) is 4.23. The van der Waals surface area contributed by atoms with Crippen molar-refractivity contribution in [1.29, 1.82) is 0 Å². The third kappa shape index (κ3) is 4.43. The zero-order chi connectivity index (χ0) is 24.4. The summed E-state index contributed by atoms with van der Waals surface area (Å²) in [5, 5.41) is 0. The van der Waals surface area contributed by atoms with Gasteiger partial charge in [0.15, 0.2) is 0 Å². The minimum absolute atomic E-state index is 0.191. The second kappa shape index (κ2) is 9.50. The summed E-state index contributed by atoms with van der Waals surface area (Å²) in [6.07, 6.45) is 3.98. The molecule has 0 atom stereocenters. The third-order valence-electron chi connectivity index (χ3n) is 5.95. The summed E-state index contributed by atoms with van der Waals surface area (Å²) in [5.41, 5.74) is 4.79.